The summed E-state index contributed by atoms with van der Waals surface area (Å²) in [6.07, 6.45) is 2.96. The van der Waals surface area contributed by atoms with Crippen molar-refractivity contribution in [3.63, 3.8) is 0 Å². The molecule has 0 spiro atoms. The van der Waals surface area contributed by atoms with E-state index in [9.17, 15) is 18.7 Å². The van der Waals surface area contributed by atoms with E-state index in [1.807, 2.05) is 25.1 Å². The number of ether oxygens (including phenoxy) is 1. The fourth-order valence-corrected chi connectivity index (χ4v) is 7.54. The number of H-pyrrole nitrogens is 1. The number of fused-ring (bicyclic) bond motifs is 2. The summed E-state index contributed by atoms with van der Waals surface area (Å²) in [6, 6.07) is 13.2. The van der Waals surface area contributed by atoms with Crippen molar-refractivity contribution in [3.05, 3.63) is 94.8 Å². The van der Waals surface area contributed by atoms with Crippen molar-refractivity contribution in [1.82, 2.24) is 24.8 Å². The normalized spacial score (nSPS) is 18.6. The van der Waals surface area contributed by atoms with Crippen LogP contribution in [0, 0.1) is 11.6 Å². The molecule has 5 heterocycles. The predicted molar refractivity (Wildman–Crippen MR) is 189 cm³/mol. The first-order valence-corrected chi connectivity index (χ1v) is 17.6. The van der Waals surface area contributed by atoms with Crippen LogP contribution in [0.15, 0.2) is 60.9 Å². The van der Waals surface area contributed by atoms with Crippen molar-refractivity contribution >= 4 is 22.6 Å². The lowest BCUT2D eigenvalue weighted by atomic mass is 9.95. The van der Waals surface area contributed by atoms with Gasteiger partial charge in [-0.2, -0.15) is 0 Å². The van der Waals surface area contributed by atoms with Gasteiger partial charge >= 0.3 is 0 Å². The van der Waals surface area contributed by atoms with E-state index in [2.05, 4.69) is 14.9 Å². The van der Waals surface area contributed by atoms with Gasteiger partial charge in [-0.3, -0.25) is 19.6 Å². The maximum Gasteiger partial charge on any atom is 0.265 e. The highest BCUT2D eigenvalue weighted by Crippen LogP contribution is 2.44. The summed E-state index contributed by atoms with van der Waals surface area (Å²) < 4.78 is 62.6. The highest BCUT2D eigenvalue weighted by molar-refractivity contribution is 6.09. The second-order valence-electron chi connectivity index (χ2n) is 13.9. The summed E-state index contributed by atoms with van der Waals surface area (Å²) in [5.74, 6) is -1.55. The van der Waals surface area contributed by atoms with Crippen LogP contribution in [-0.2, 0) is 13.2 Å². The number of nitrogens with one attached hydrogen (secondary N) is 1. The van der Waals surface area contributed by atoms with Crippen LogP contribution < -0.4 is 9.64 Å². The number of carbonyl (C=O) groups excluding carboxylic acids is 1. The number of hydrogen-bond donors (Lipinski definition) is 2. The van der Waals surface area contributed by atoms with Crippen LogP contribution in [-0.4, -0.2) is 87.6 Å². The number of aromatic nitrogens is 3. The third-order valence-electron chi connectivity index (χ3n) is 10.4. The third-order valence-corrected chi connectivity index (χ3v) is 10.4. The van der Waals surface area contributed by atoms with E-state index in [0.29, 0.717) is 65.3 Å². The Morgan fingerprint density at radius 3 is 2.60 bits per heavy atom. The number of carbonyl (C=O) groups is 1. The molecule has 1 aliphatic carbocycles. The van der Waals surface area contributed by atoms with Crippen LogP contribution >= 0.6 is 0 Å². The van der Waals surface area contributed by atoms with Gasteiger partial charge in [-0.1, -0.05) is 6.07 Å². The number of nitrogens with zero attached hydrogens (tertiary/aromatic N) is 5. The Balaban J connectivity index is 1.08. The predicted octanol–water partition coefficient (Wildman–Crippen LogP) is 6.75. The molecule has 52 heavy (non-hydrogen) atoms. The summed E-state index contributed by atoms with van der Waals surface area (Å²) >= 11 is 0. The number of halogens is 4. The molecule has 3 aromatic heterocycles. The number of anilines is 1. The van der Waals surface area contributed by atoms with Gasteiger partial charge < -0.3 is 19.7 Å². The first-order valence-electron chi connectivity index (χ1n) is 17.6. The highest BCUT2D eigenvalue weighted by atomic mass is 19.3. The van der Waals surface area contributed by atoms with Crippen LogP contribution in [0.25, 0.3) is 33.5 Å². The number of benzene rings is 2. The quantitative estimate of drug-likeness (QED) is 0.163. The summed E-state index contributed by atoms with van der Waals surface area (Å²) in [7, 11) is 0. The third kappa shape index (κ3) is 6.64. The first kappa shape index (κ1) is 34.2. The lowest BCUT2D eigenvalue weighted by Crippen LogP contribution is -2.52. The molecule has 9 nitrogen and oxygen atoms in total. The van der Waals surface area contributed by atoms with Crippen molar-refractivity contribution < 1.29 is 32.2 Å². The van der Waals surface area contributed by atoms with Crippen LogP contribution in [0.1, 0.15) is 52.7 Å². The SMILES string of the molecule is C[C@H]1CN(CC(F)F)CCN1Cc1ccc(-c2cc3c(-c4cc(F)cc(N5CCOc6cc(C7CC7)cc(F)c6C5=O)c4CO)ccnc3[nH]2)nc1. The number of aliphatic hydroxyl groups is 1. The number of amides is 1. The molecule has 1 amide bonds. The molecule has 0 bridgehead atoms. The Kier molecular flexibility index (Phi) is 9.18. The van der Waals surface area contributed by atoms with E-state index in [4.69, 9.17) is 9.72 Å². The molecule has 3 aliphatic rings. The molecule has 2 N–H and O–H groups in total. The average molecular weight is 715 g/mol. The number of piperazine rings is 1. The Morgan fingerprint density at radius 1 is 1.02 bits per heavy atom. The van der Waals surface area contributed by atoms with Crippen molar-refractivity contribution in [2.24, 2.45) is 0 Å². The van der Waals surface area contributed by atoms with Gasteiger partial charge in [0.1, 0.15) is 35.2 Å². The van der Waals surface area contributed by atoms with Crippen LogP contribution in [0.5, 0.6) is 5.75 Å². The maximum atomic E-state index is 15.5. The summed E-state index contributed by atoms with van der Waals surface area (Å²) in [6.45, 7) is 3.91. The highest BCUT2D eigenvalue weighted by Gasteiger charge is 2.33. The summed E-state index contributed by atoms with van der Waals surface area (Å²) in [4.78, 5) is 31.7. The van der Waals surface area contributed by atoms with Gasteiger partial charge in [0.15, 0.2) is 0 Å². The Morgan fingerprint density at radius 2 is 1.87 bits per heavy atom. The number of aromatic amines is 1. The van der Waals surface area contributed by atoms with Gasteiger partial charge in [0.25, 0.3) is 12.3 Å². The smallest absolute Gasteiger partial charge is 0.265 e. The molecule has 0 radical (unpaired) electrons. The summed E-state index contributed by atoms with van der Waals surface area (Å²) in [5, 5.41) is 11.4. The minimum absolute atomic E-state index is 0.0250. The van der Waals surface area contributed by atoms with Gasteiger partial charge in [0, 0.05) is 55.6 Å². The molecular formula is C39H38F4N6O3. The number of hydrogen-bond acceptors (Lipinski definition) is 7. The lowest BCUT2D eigenvalue weighted by molar-refractivity contribution is 0.0306. The molecule has 0 unspecified atom stereocenters. The zero-order valence-electron chi connectivity index (χ0n) is 28.6. The zero-order chi connectivity index (χ0) is 36.1. The lowest BCUT2D eigenvalue weighted by Gasteiger charge is -2.39. The molecular weight excluding hydrogens is 676 g/mol. The Labute approximate surface area is 297 Å². The first-order chi connectivity index (χ1) is 25.2. The molecule has 2 aliphatic heterocycles. The van der Waals surface area contributed by atoms with Gasteiger partial charge in [0.05, 0.1) is 36.8 Å². The van der Waals surface area contributed by atoms with Crippen molar-refractivity contribution in [3.8, 4) is 28.3 Å². The molecule has 270 valence electrons. The monoisotopic (exact) mass is 714 g/mol. The molecule has 1 saturated carbocycles. The van der Waals surface area contributed by atoms with Gasteiger partial charge in [0.2, 0.25) is 0 Å². The van der Waals surface area contributed by atoms with E-state index in [1.54, 1.807) is 29.4 Å². The van der Waals surface area contributed by atoms with Gasteiger partial charge in [-0.15, -0.1) is 0 Å². The number of aliphatic hydroxyl groups excluding tert-OH is 1. The molecule has 2 aromatic carbocycles. The minimum Gasteiger partial charge on any atom is -0.491 e. The number of alkyl halides is 2. The molecule has 8 rings (SSSR count). The average Bonchev–Trinajstić information content (AvgIpc) is 3.90. The molecule has 1 atom stereocenters. The van der Waals surface area contributed by atoms with E-state index in [0.717, 1.165) is 24.0 Å². The van der Waals surface area contributed by atoms with E-state index >= 15 is 8.78 Å². The summed E-state index contributed by atoms with van der Waals surface area (Å²) in [5.41, 5.74) is 4.81. The van der Waals surface area contributed by atoms with Crippen LogP contribution in [0.3, 0.4) is 0 Å². The Bertz CT molecular complexity index is 2140. The largest absolute Gasteiger partial charge is 0.491 e. The molecule has 5 aromatic rings. The topological polar surface area (TPSA) is 97.8 Å². The second kappa shape index (κ2) is 13.9. The zero-order valence-corrected chi connectivity index (χ0v) is 28.6. The van der Waals surface area contributed by atoms with Gasteiger partial charge in [-0.05, 0) is 90.4 Å². The Hall–Kier alpha value is -4.85. The standard InChI is InChI=1S/C39H38F4N6O3/c1-22-18-47(20-36(42)43)8-9-48(22)19-23-2-5-32(45-17-23)33-16-29-27(6-7-44-38(29)46-33)28-14-26(40)15-34(30(28)21-50)49-10-11-52-35-13-25(24-3-4-24)12-31(41)37(35)39(49)51/h2,5-7,12-17,22,24,36,50H,3-4,8-11,18-21H2,1H3,(H,44,46)/t22-/m0/s1. The van der Waals surface area contributed by atoms with Crippen LogP contribution in [0.2, 0.25) is 0 Å². The van der Waals surface area contributed by atoms with E-state index in [1.165, 1.54) is 23.1 Å². The van der Waals surface area contributed by atoms with E-state index in [-0.39, 0.29) is 48.7 Å². The minimum atomic E-state index is -2.34. The van der Waals surface area contributed by atoms with Crippen molar-refractivity contribution in [2.75, 3.05) is 44.2 Å². The van der Waals surface area contributed by atoms with E-state index < -0.39 is 30.6 Å². The fraction of sp³-hybridized carbons (Fsp3) is 0.359. The number of pyridine rings is 2. The van der Waals surface area contributed by atoms with Crippen molar-refractivity contribution in [1.29, 1.82) is 0 Å². The van der Waals surface area contributed by atoms with Crippen molar-refractivity contribution in [2.45, 2.75) is 51.3 Å². The molecule has 1 saturated heterocycles. The fourth-order valence-electron chi connectivity index (χ4n) is 7.54. The number of rotatable bonds is 9. The molecule has 13 heteroatoms. The second-order valence-corrected chi connectivity index (χ2v) is 13.9. The maximum absolute atomic E-state index is 15.5. The van der Waals surface area contributed by atoms with Gasteiger partial charge in [-0.25, -0.2) is 22.5 Å². The molecule has 2 fully saturated rings. The van der Waals surface area contributed by atoms with Crippen LogP contribution in [0.4, 0.5) is 23.2 Å².